The summed E-state index contributed by atoms with van der Waals surface area (Å²) in [6.07, 6.45) is -1.39. The van der Waals surface area contributed by atoms with Gasteiger partial charge >= 0.3 is 11.9 Å². The van der Waals surface area contributed by atoms with Gasteiger partial charge in [0.25, 0.3) is 0 Å². The quantitative estimate of drug-likeness (QED) is 0.707. The van der Waals surface area contributed by atoms with Gasteiger partial charge in [-0.2, -0.15) is 0 Å². The lowest BCUT2D eigenvalue weighted by Gasteiger charge is -2.35. The van der Waals surface area contributed by atoms with Crippen LogP contribution in [-0.2, 0) is 23.9 Å². The van der Waals surface area contributed by atoms with Gasteiger partial charge in [0, 0.05) is 20.3 Å². The lowest BCUT2D eigenvalue weighted by atomic mass is 9.99. The Morgan fingerprint density at radius 1 is 1.39 bits per heavy atom. The first kappa shape index (κ1) is 14.1. The molecule has 0 saturated carbocycles. The van der Waals surface area contributed by atoms with E-state index >= 15 is 0 Å². The molecule has 1 heterocycles. The van der Waals surface area contributed by atoms with Gasteiger partial charge in [0.2, 0.25) is 12.1 Å². The van der Waals surface area contributed by atoms with Crippen LogP contribution < -0.4 is 0 Å². The fourth-order valence-corrected chi connectivity index (χ4v) is 1.94. The number of carbonyl (C=O) groups excluding carboxylic acids is 3. The van der Waals surface area contributed by atoms with E-state index in [1.165, 1.54) is 6.92 Å². The summed E-state index contributed by atoms with van der Waals surface area (Å²) >= 11 is 0. The van der Waals surface area contributed by atoms with E-state index in [1.807, 2.05) is 0 Å². The molecule has 0 aromatic carbocycles. The number of rotatable bonds is 4. The Labute approximate surface area is 104 Å². The molecule has 18 heavy (non-hydrogen) atoms. The summed E-state index contributed by atoms with van der Waals surface area (Å²) in [7, 11) is 0. The van der Waals surface area contributed by atoms with Crippen molar-refractivity contribution in [3.05, 3.63) is 0 Å². The lowest BCUT2D eigenvalue weighted by Crippen LogP contribution is -2.57. The largest absolute Gasteiger partial charge is 0.480 e. The first-order chi connectivity index (χ1) is 8.20. The van der Waals surface area contributed by atoms with Gasteiger partial charge in [-0.1, -0.05) is 0 Å². The summed E-state index contributed by atoms with van der Waals surface area (Å²) in [5.74, 6) is -3.08. The van der Waals surface area contributed by atoms with Crippen LogP contribution in [0.25, 0.3) is 0 Å². The lowest BCUT2D eigenvalue weighted by molar-refractivity contribution is -0.179. The van der Waals surface area contributed by atoms with Crippen molar-refractivity contribution in [2.75, 3.05) is 0 Å². The molecule has 1 fully saturated rings. The molecule has 7 heteroatoms. The summed E-state index contributed by atoms with van der Waals surface area (Å²) in [5.41, 5.74) is -1.52. The predicted octanol–water partition coefficient (Wildman–Crippen LogP) is -0.0697. The number of nitrogens with zero attached hydrogens (tertiary/aromatic N) is 1. The van der Waals surface area contributed by atoms with Crippen LogP contribution in [0.3, 0.4) is 0 Å². The molecular formula is C11H15NO6. The van der Waals surface area contributed by atoms with E-state index in [4.69, 9.17) is 4.74 Å². The van der Waals surface area contributed by atoms with Gasteiger partial charge < -0.3 is 9.84 Å². The van der Waals surface area contributed by atoms with Crippen molar-refractivity contribution in [2.45, 2.75) is 45.4 Å². The Kier molecular flexibility index (Phi) is 3.73. The molecule has 0 spiro atoms. The van der Waals surface area contributed by atoms with Crippen LogP contribution in [0.1, 0.15) is 33.6 Å². The number of hydrogen-bond acceptors (Lipinski definition) is 5. The van der Waals surface area contributed by atoms with E-state index in [0.29, 0.717) is 0 Å². The van der Waals surface area contributed by atoms with Crippen LogP contribution in [0.4, 0.5) is 0 Å². The highest BCUT2D eigenvalue weighted by atomic mass is 16.6. The van der Waals surface area contributed by atoms with Crippen LogP contribution in [-0.4, -0.2) is 45.4 Å². The van der Waals surface area contributed by atoms with Crippen LogP contribution >= 0.6 is 0 Å². The molecule has 1 aliphatic heterocycles. The van der Waals surface area contributed by atoms with Gasteiger partial charge in [0.05, 0.1) is 0 Å². The maximum Gasteiger partial charge on any atom is 0.329 e. The van der Waals surface area contributed by atoms with E-state index in [0.717, 1.165) is 18.7 Å². The number of aliphatic carboxylic acids is 1. The Hall–Kier alpha value is -1.92. The second-order valence-electron chi connectivity index (χ2n) is 4.42. The average Bonchev–Trinajstić information content (AvgIpc) is 2.53. The zero-order valence-electron chi connectivity index (χ0n) is 10.4. The first-order valence-corrected chi connectivity index (χ1v) is 5.43. The predicted molar refractivity (Wildman–Crippen MR) is 58.4 cm³/mol. The molecule has 1 saturated heterocycles. The number of carbonyl (C=O) groups is 4. The number of Topliss-reactive ketones (excluding diaryl/α,β-unsaturated/α-hetero) is 1. The zero-order chi connectivity index (χ0) is 14.1. The van der Waals surface area contributed by atoms with Crippen molar-refractivity contribution >= 4 is 23.6 Å². The highest BCUT2D eigenvalue weighted by molar-refractivity contribution is 5.95. The molecule has 0 aromatic rings. The molecule has 0 radical (unpaired) electrons. The van der Waals surface area contributed by atoms with Crippen molar-refractivity contribution in [2.24, 2.45) is 0 Å². The van der Waals surface area contributed by atoms with Gasteiger partial charge in [-0.3, -0.25) is 19.3 Å². The van der Waals surface area contributed by atoms with Gasteiger partial charge in [-0.15, -0.1) is 0 Å². The van der Waals surface area contributed by atoms with E-state index in [1.54, 1.807) is 0 Å². The fourth-order valence-electron chi connectivity index (χ4n) is 1.94. The fraction of sp³-hybridized carbons (Fsp3) is 0.636. The molecular weight excluding hydrogens is 242 g/mol. The minimum Gasteiger partial charge on any atom is -0.480 e. The average molecular weight is 257 g/mol. The van der Waals surface area contributed by atoms with Crippen LogP contribution in [0.5, 0.6) is 0 Å². The van der Waals surface area contributed by atoms with E-state index < -0.39 is 35.4 Å². The third-order valence-electron chi connectivity index (χ3n) is 2.95. The number of likely N-dealkylation sites (tertiary alicyclic amines) is 1. The standard InChI is InChI=1S/C11H15NO6/c1-6(13)9(18-7(2)14)12-8(15)4-5-11(12,3)10(16)17/h9H,4-5H2,1-3H3,(H,16,17)/t9?,11-/m0/s1. The summed E-state index contributed by atoms with van der Waals surface area (Å²) in [6.45, 7) is 3.57. The minimum absolute atomic E-state index is 0.00778. The van der Waals surface area contributed by atoms with Crippen molar-refractivity contribution in [1.82, 2.24) is 4.90 Å². The molecule has 0 bridgehead atoms. The maximum atomic E-state index is 11.7. The second-order valence-corrected chi connectivity index (χ2v) is 4.42. The molecule has 0 aliphatic carbocycles. The van der Waals surface area contributed by atoms with Gasteiger partial charge in [0.1, 0.15) is 5.54 Å². The normalized spacial score (nSPS) is 24.8. The molecule has 1 unspecified atom stereocenters. The Balaban J connectivity index is 3.15. The number of carboxylic acids is 1. The first-order valence-electron chi connectivity index (χ1n) is 5.43. The molecule has 7 nitrogen and oxygen atoms in total. The van der Waals surface area contributed by atoms with E-state index in [2.05, 4.69) is 0 Å². The Morgan fingerprint density at radius 3 is 2.33 bits per heavy atom. The minimum atomic E-state index is -1.52. The van der Waals surface area contributed by atoms with Crippen LogP contribution in [0.2, 0.25) is 0 Å². The van der Waals surface area contributed by atoms with Gasteiger partial charge in [-0.25, -0.2) is 4.79 Å². The molecule has 1 N–H and O–H groups in total. The molecule has 1 rings (SSSR count). The number of amides is 1. The number of ether oxygens (including phenoxy) is 1. The zero-order valence-corrected chi connectivity index (χ0v) is 10.4. The summed E-state index contributed by atoms with van der Waals surface area (Å²) < 4.78 is 4.77. The summed E-state index contributed by atoms with van der Waals surface area (Å²) in [5, 5.41) is 9.18. The SMILES string of the molecule is CC(=O)OC(C(C)=O)N1C(=O)CC[C@@]1(C)C(=O)O. The van der Waals surface area contributed by atoms with E-state index in [9.17, 15) is 24.3 Å². The molecule has 1 amide bonds. The van der Waals surface area contributed by atoms with E-state index in [-0.39, 0.29) is 12.8 Å². The summed E-state index contributed by atoms with van der Waals surface area (Å²) in [6, 6.07) is 0. The summed E-state index contributed by atoms with van der Waals surface area (Å²) in [4.78, 5) is 46.2. The van der Waals surface area contributed by atoms with Gasteiger partial charge in [0.15, 0.2) is 5.78 Å². The third kappa shape index (κ3) is 2.34. The van der Waals surface area contributed by atoms with Crippen LogP contribution in [0.15, 0.2) is 0 Å². The topological polar surface area (TPSA) is 101 Å². The number of esters is 1. The highest BCUT2D eigenvalue weighted by Gasteiger charge is 2.52. The van der Waals surface area contributed by atoms with Crippen molar-refractivity contribution < 1.29 is 29.0 Å². The highest BCUT2D eigenvalue weighted by Crippen LogP contribution is 2.33. The Morgan fingerprint density at radius 2 is 1.94 bits per heavy atom. The Bertz CT molecular complexity index is 418. The maximum absolute atomic E-state index is 11.7. The second kappa shape index (κ2) is 4.75. The smallest absolute Gasteiger partial charge is 0.329 e. The number of ketones is 1. The molecule has 2 atom stereocenters. The number of hydrogen-bond donors (Lipinski definition) is 1. The molecule has 0 aromatic heterocycles. The monoisotopic (exact) mass is 257 g/mol. The third-order valence-corrected chi connectivity index (χ3v) is 2.95. The molecule has 100 valence electrons. The molecule has 1 aliphatic rings. The van der Waals surface area contributed by atoms with Crippen molar-refractivity contribution in [1.29, 1.82) is 0 Å². The van der Waals surface area contributed by atoms with Crippen molar-refractivity contribution in [3.63, 3.8) is 0 Å². The number of carboxylic acid groups (broad SMARTS) is 1. The van der Waals surface area contributed by atoms with Crippen LogP contribution in [0, 0.1) is 0 Å². The van der Waals surface area contributed by atoms with Gasteiger partial charge in [-0.05, 0) is 13.3 Å². The van der Waals surface area contributed by atoms with Crippen molar-refractivity contribution in [3.8, 4) is 0 Å².